The number of ether oxygens (including phenoxy) is 1. The summed E-state index contributed by atoms with van der Waals surface area (Å²) in [6.45, 7) is 7.29. The van der Waals surface area contributed by atoms with E-state index >= 15 is 0 Å². The van der Waals surface area contributed by atoms with E-state index < -0.39 is 0 Å². The molecule has 0 aliphatic rings. The Labute approximate surface area is 115 Å². The lowest BCUT2D eigenvalue weighted by Crippen LogP contribution is -2.25. The quantitative estimate of drug-likeness (QED) is 0.757. The lowest BCUT2D eigenvalue weighted by molar-refractivity contribution is -0.122. The molecule has 2 unspecified atom stereocenters. The van der Waals surface area contributed by atoms with Crippen molar-refractivity contribution in [1.29, 1.82) is 0 Å². The van der Waals surface area contributed by atoms with Crippen molar-refractivity contribution >= 4 is 5.91 Å². The summed E-state index contributed by atoms with van der Waals surface area (Å²) in [4.78, 5) is 10.9. The number of carbonyl (C=O) groups excluding carboxylic acids is 1. The van der Waals surface area contributed by atoms with Crippen LogP contribution in [-0.2, 0) is 4.79 Å². The third-order valence-electron chi connectivity index (χ3n) is 3.13. The largest absolute Gasteiger partial charge is 0.493 e. The van der Waals surface area contributed by atoms with E-state index in [1.54, 1.807) is 6.92 Å². The lowest BCUT2D eigenvalue weighted by Gasteiger charge is -2.17. The van der Waals surface area contributed by atoms with Crippen LogP contribution in [0.2, 0.25) is 0 Å². The first-order valence-corrected chi connectivity index (χ1v) is 6.83. The predicted octanol–water partition coefficient (Wildman–Crippen LogP) is 2.25. The molecule has 0 saturated carbocycles. The molecule has 4 heteroatoms. The summed E-state index contributed by atoms with van der Waals surface area (Å²) < 4.78 is 5.54. The second-order valence-electron chi connectivity index (χ2n) is 4.70. The summed E-state index contributed by atoms with van der Waals surface area (Å²) in [6.07, 6.45) is 1.05. The molecule has 0 fully saturated rings. The summed E-state index contributed by atoms with van der Waals surface area (Å²) in [5.41, 5.74) is 6.44. The van der Waals surface area contributed by atoms with E-state index in [0.717, 1.165) is 18.7 Å². The zero-order valence-corrected chi connectivity index (χ0v) is 12.0. The first-order chi connectivity index (χ1) is 9.08. The van der Waals surface area contributed by atoms with Crippen molar-refractivity contribution in [1.82, 2.24) is 5.32 Å². The zero-order valence-electron chi connectivity index (χ0n) is 12.0. The lowest BCUT2D eigenvalue weighted by atomic mass is 10.0. The molecule has 0 heterocycles. The molecule has 1 aromatic carbocycles. The third-order valence-corrected chi connectivity index (χ3v) is 3.13. The van der Waals surface area contributed by atoms with E-state index in [4.69, 9.17) is 10.5 Å². The molecule has 106 valence electrons. The molecule has 0 aromatic heterocycles. The molecule has 0 bridgehead atoms. The molecule has 0 aliphatic heterocycles. The maximum atomic E-state index is 10.9. The number of nitrogens with one attached hydrogen (secondary N) is 1. The summed E-state index contributed by atoms with van der Waals surface area (Å²) in [7, 11) is 0. The topological polar surface area (TPSA) is 64.3 Å². The van der Waals surface area contributed by atoms with Gasteiger partial charge in [-0.25, -0.2) is 0 Å². The maximum Gasteiger partial charge on any atom is 0.223 e. The van der Waals surface area contributed by atoms with Crippen LogP contribution in [0.15, 0.2) is 24.3 Å². The molecule has 2 atom stereocenters. The molecule has 0 aliphatic carbocycles. The summed E-state index contributed by atoms with van der Waals surface area (Å²) >= 11 is 0. The molecule has 0 saturated heterocycles. The molecule has 19 heavy (non-hydrogen) atoms. The van der Waals surface area contributed by atoms with Crippen LogP contribution in [-0.4, -0.2) is 19.1 Å². The minimum Gasteiger partial charge on any atom is -0.493 e. The van der Waals surface area contributed by atoms with Crippen molar-refractivity contribution in [2.24, 2.45) is 11.7 Å². The Morgan fingerprint density at radius 2 is 1.95 bits per heavy atom. The van der Waals surface area contributed by atoms with Gasteiger partial charge in [-0.3, -0.25) is 4.79 Å². The van der Waals surface area contributed by atoms with E-state index in [1.807, 2.05) is 12.1 Å². The van der Waals surface area contributed by atoms with Crippen molar-refractivity contribution in [2.75, 3.05) is 13.2 Å². The van der Waals surface area contributed by atoms with Gasteiger partial charge in [0.05, 0.1) is 12.5 Å². The Morgan fingerprint density at radius 1 is 1.32 bits per heavy atom. The summed E-state index contributed by atoms with van der Waals surface area (Å²) in [5, 5.41) is 3.43. The van der Waals surface area contributed by atoms with Crippen LogP contribution in [0.25, 0.3) is 0 Å². The number of hydrogen-bond acceptors (Lipinski definition) is 3. The number of carbonyl (C=O) groups is 1. The highest BCUT2D eigenvalue weighted by Crippen LogP contribution is 2.20. The van der Waals surface area contributed by atoms with Crippen molar-refractivity contribution in [3.05, 3.63) is 29.8 Å². The van der Waals surface area contributed by atoms with Gasteiger partial charge in [0.1, 0.15) is 5.75 Å². The van der Waals surface area contributed by atoms with Crippen LogP contribution in [0, 0.1) is 5.92 Å². The van der Waals surface area contributed by atoms with Crippen LogP contribution < -0.4 is 15.8 Å². The summed E-state index contributed by atoms with van der Waals surface area (Å²) in [5.74, 6) is 0.155. The molecule has 3 N–H and O–H groups in total. The van der Waals surface area contributed by atoms with Crippen LogP contribution in [0.1, 0.15) is 38.8 Å². The van der Waals surface area contributed by atoms with Gasteiger partial charge in [0.25, 0.3) is 0 Å². The highest BCUT2D eigenvalue weighted by molar-refractivity contribution is 5.76. The Hall–Kier alpha value is -1.55. The van der Waals surface area contributed by atoms with Crippen molar-refractivity contribution in [3.63, 3.8) is 0 Å². The zero-order chi connectivity index (χ0) is 14.3. The number of nitrogens with two attached hydrogens (primary N) is 1. The number of benzene rings is 1. The Morgan fingerprint density at radius 3 is 2.42 bits per heavy atom. The average Bonchev–Trinajstić information content (AvgIpc) is 2.42. The minimum atomic E-state index is -0.338. The fourth-order valence-corrected chi connectivity index (χ4v) is 1.84. The van der Waals surface area contributed by atoms with Crippen LogP contribution in [0.4, 0.5) is 0 Å². The van der Waals surface area contributed by atoms with Crippen LogP contribution in [0.3, 0.4) is 0 Å². The molecule has 4 nitrogen and oxygen atoms in total. The standard InChI is InChI=1S/C15H24N2O2/c1-4-14(17-5-2)12-6-8-13(9-7-12)19-10-11(3)15(16)18/h6-9,11,14,17H,4-5,10H2,1-3H3,(H2,16,18). The normalized spacial score (nSPS) is 13.8. The van der Waals surface area contributed by atoms with Gasteiger partial charge < -0.3 is 15.8 Å². The van der Waals surface area contributed by atoms with Crippen molar-refractivity contribution in [3.8, 4) is 5.75 Å². The van der Waals surface area contributed by atoms with E-state index in [2.05, 4.69) is 31.3 Å². The molecular weight excluding hydrogens is 240 g/mol. The van der Waals surface area contributed by atoms with E-state index in [9.17, 15) is 4.79 Å². The average molecular weight is 264 g/mol. The predicted molar refractivity (Wildman–Crippen MR) is 77.0 cm³/mol. The van der Waals surface area contributed by atoms with Gasteiger partial charge in [0.15, 0.2) is 0 Å². The molecule has 0 radical (unpaired) electrons. The number of primary amides is 1. The summed E-state index contributed by atoms with van der Waals surface area (Å²) in [6, 6.07) is 8.36. The van der Waals surface area contributed by atoms with Gasteiger partial charge in [-0.05, 0) is 30.7 Å². The van der Waals surface area contributed by atoms with Crippen LogP contribution in [0.5, 0.6) is 5.75 Å². The monoisotopic (exact) mass is 264 g/mol. The fraction of sp³-hybridized carbons (Fsp3) is 0.533. The molecule has 1 rings (SSSR count). The SMILES string of the molecule is CCNC(CC)c1ccc(OCC(C)C(N)=O)cc1. The van der Waals surface area contributed by atoms with Gasteiger partial charge in [-0.1, -0.05) is 32.9 Å². The highest BCUT2D eigenvalue weighted by Gasteiger charge is 2.10. The molecule has 0 spiro atoms. The second-order valence-corrected chi connectivity index (χ2v) is 4.70. The molecular formula is C15H24N2O2. The second kappa shape index (κ2) is 7.79. The van der Waals surface area contributed by atoms with Gasteiger partial charge in [0, 0.05) is 6.04 Å². The smallest absolute Gasteiger partial charge is 0.223 e. The van der Waals surface area contributed by atoms with E-state index in [-0.39, 0.29) is 11.8 Å². The number of hydrogen-bond donors (Lipinski definition) is 2. The molecule has 1 aromatic rings. The third kappa shape index (κ3) is 4.91. The Balaban J connectivity index is 2.58. The first-order valence-electron chi connectivity index (χ1n) is 6.83. The Bertz CT molecular complexity index is 390. The van der Waals surface area contributed by atoms with Crippen molar-refractivity contribution in [2.45, 2.75) is 33.2 Å². The van der Waals surface area contributed by atoms with Crippen LogP contribution >= 0.6 is 0 Å². The van der Waals surface area contributed by atoms with Gasteiger partial charge in [-0.2, -0.15) is 0 Å². The highest BCUT2D eigenvalue weighted by atomic mass is 16.5. The number of rotatable bonds is 8. The van der Waals surface area contributed by atoms with Gasteiger partial charge >= 0.3 is 0 Å². The maximum absolute atomic E-state index is 10.9. The number of amides is 1. The molecule has 1 amide bonds. The first kappa shape index (κ1) is 15.5. The van der Waals surface area contributed by atoms with E-state index in [0.29, 0.717) is 12.6 Å². The van der Waals surface area contributed by atoms with Gasteiger partial charge in [0.2, 0.25) is 5.91 Å². The van der Waals surface area contributed by atoms with E-state index in [1.165, 1.54) is 5.56 Å². The Kier molecular flexibility index (Phi) is 6.36. The fourth-order valence-electron chi connectivity index (χ4n) is 1.84. The minimum absolute atomic E-state index is 0.273. The van der Waals surface area contributed by atoms with Gasteiger partial charge in [-0.15, -0.1) is 0 Å². The van der Waals surface area contributed by atoms with Crippen molar-refractivity contribution < 1.29 is 9.53 Å².